The second-order valence-corrected chi connectivity index (χ2v) is 10.1. The van der Waals surface area contributed by atoms with Crippen molar-refractivity contribution in [2.45, 2.75) is 31.2 Å². The predicted molar refractivity (Wildman–Crippen MR) is 143 cm³/mol. The van der Waals surface area contributed by atoms with Crippen molar-refractivity contribution in [3.05, 3.63) is 94.8 Å². The van der Waals surface area contributed by atoms with E-state index in [0.29, 0.717) is 47.2 Å². The van der Waals surface area contributed by atoms with Crippen LogP contribution in [0.4, 0.5) is 4.39 Å². The monoisotopic (exact) mass is 516 g/mol. The fraction of sp³-hybridized carbons (Fsp3) is 0.355. The lowest BCUT2D eigenvalue weighted by molar-refractivity contribution is -0.136. The molecule has 0 aliphatic carbocycles. The van der Waals surface area contributed by atoms with Crippen LogP contribution in [0, 0.1) is 11.7 Å². The highest BCUT2D eigenvalue weighted by Crippen LogP contribution is 2.47. The van der Waals surface area contributed by atoms with Crippen LogP contribution in [0.2, 0.25) is 0 Å². The average Bonchev–Trinajstić information content (AvgIpc) is 2.95. The number of hydrogen-bond donors (Lipinski definition) is 0. The number of halogens is 1. The average molecular weight is 517 g/mol. The summed E-state index contributed by atoms with van der Waals surface area (Å²) in [6.07, 6.45) is 2.78. The van der Waals surface area contributed by atoms with Crippen molar-refractivity contribution in [3.8, 4) is 11.5 Å². The second kappa shape index (κ2) is 10.9. The van der Waals surface area contributed by atoms with Crippen molar-refractivity contribution in [1.82, 2.24) is 9.80 Å². The van der Waals surface area contributed by atoms with E-state index >= 15 is 4.39 Å². The van der Waals surface area contributed by atoms with E-state index in [1.807, 2.05) is 11.0 Å². The minimum Gasteiger partial charge on any atom is -0.493 e. The quantitative estimate of drug-likeness (QED) is 0.450. The summed E-state index contributed by atoms with van der Waals surface area (Å²) in [5, 5.41) is 0. The Morgan fingerprint density at radius 2 is 1.55 bits per heavy atom. The lowest BCUT2D eigenvalue weighted by Crippen LogP contribution is -2.49. The van der Waals surface area contributed by atoms with E-state index in [9.17, 15) is 9.59 Å². The molecule has 1 fully saturated rings. The number of rotatable bonds is 6. The highest BCUT2D eigenvalue weighted by Gasteiger charge is 2.46. The summed E-state index contributed by atoms with van der Waals surface area (Å²) in [6.45, 7) is 1.24. The van der Waals surface area contributed by atoms with Gasteiger partial charge in [0.05, 0.1) is 26.2 Å². The van der Waals surface area contributed by atoms with Crippen LogP contribution in [-0.4, -0.2) is 56.0 Å². The van der Waals surface area contributed by atoms with Gasteiger partial charge in [0, 0.05) is 31.3 Å². The first-order valence-corrected chi connectivity index (χ1v) is 13.0. The molecule has 0 bridgehead atoms. The topological polar surface area (TPSA) is 59.1 Å². The number of carbonyl (C=O) groups excluding carboxylic acids is 2. The molecule has 2 aliphatic heterocycles. The molecule has 2 atom stereocenters. The molecule has 0 aromatic heterocycles. The molecule has 2 aliphatic rings. The number of likely N-dealkylation sites (tertiary alicyclic amines) is 1. The minimum atomic E-state index is -0.788. The van der Waals surface area contributed by atoms with E-state index in [-0.39, 0.29) is 11.8 Å². The molecule has 2 amide bonds. The molecular weight excluding hydrogens is 483 g/mol. The summed E-state index contributed by atoms with van der Waals surface area (Å²) in [7, 11) is 4.65. The molecule has 5 rings (SSSR count). The van der Waals surface area contributed by atoms with Gasteiger partial charge >= 0.3 is 0 Å². The van der Waals surface area contributed by atoms with Crippen molar-refractivity contribution in [2.24, 2.45) is 5.92 Å². The first-order chi connectivity index (χ1) is 18.4. The molecular formula is C31H33FN2O4. The standard InChI is InChI=1S/C31H33FN2O4/c1-33-29(22-11-7-8-12-25(22)32)28(23-18-26(37-2)27(38-3)19-24(23)30(33)35)31(36)34-15-13-21(14-16-34)17-20-9-5-4-6-10-20/h4-12,18-19,21,28-29H,13-17H2,1-3H3/t28-,29-/m0/s1. The fourth-order valence-corrected chi connectivity index (χ4v) is 5.92. The van der Waals surface area contributed by atoms with E-state index < -0.39 is 17.8 Å². The van der Waals surface area contributed by atoms with Gasteiger partial charge in [-0.05, 0) is 54.5 Å². The number of fused-ring (bicyclic) bond motifs is 1. The zero-order chi connectivity index (χ0) is 26.8. The lowest BCUT2D eigenvalue weighted by Gasteiger charge is -2.43. The fourth-order valence-electron chi connectivity index (χ4n) is 5.92. The van der Waals surface area contributed by atoms with Crippen LogP contribution >= 0.6 is 0 Å². The van der Waals surface area contributed by atoms with Gasteiger partial charge in [-0.3, -0.25) is 9.59 Å². The molecule has 3 aromatic rings. The van der Waals surface area contributed by atoms with Gasteiger partial charge in [0.2, 0.25) is 5.91 Å². The zero-order valence-corrected chi connectivity index (χ0v) is 22.0. The molecule has 2 heterocycles. The molecule has 0 radical (unpaired) electrons. The van der Waals surface area contributed by atoms with Crippen LogP contribution in [0.5, 0.6) is 11.5 Å². The van der Waals surface area contributed by atoms with Crippen LogP contribution in [0.25, 0.3) is 0 Å². The van der Waals surface area contributed by atoms with Gasteiger partial charge in [0.25, 0.3) is 5.91 Å². The molecule has 1 saturated heterocycles. The molecule has 38 heavy (non-hydrogen) atoms. The Morgan fingerprint density at radius 3 is 2.21 bits per heavy atom. The van der Waals surface area contributed by atoms with Gasteiger partial charge in [-0.15, -0.1) is 0 Å². The van der Waals surface area contributed by atoms with Gasteiger partial charge in [-0.2, -0.15) is 0 Å². The molecule has 0 unspecified atom stereocenters. The van der Waals surface area contributed by atoms with Crippen molar-refractivity contribution in [3.63, 3.8) is 0 Å². The first-order valence-electron chi connectivity index (χ1n) is 13.0. The van der Waals surface area contributed by atoms with Crippen LogP contribution in [-0.2, 0) is 11.2 Å². The summed E-state index contributed by atoms with van der Waals surface area (Å²) in [6, 6.07) is 19.3. The Labute approximate surface area is 223 Å². The van der Waals surface area contributed by atoms with Gasteiger partial charge in [0.15, 0.2) is 11.5 Å². The van der Waals surface area contributed by atoms with Gasteiger partial charge in [0.1, 0.15) is 5.82 Å². The third-order valence-corrected chi connectivity index (χ3v) is 7.96. The molecule has 6 nitrogen and oxygen atoms in total. The summed E-state index contributed by atoms with van der Waals surface area (Å²) < 4.78 is 26.1. The lowest BCUT2D eigenvalue weighted by atomic mass is 9.78. The number of amides is 2. The zero-order valence-electron chi connectivity index (χ0n) is 22.0. The summed E-state index contributed by atoms with van der Waals surface area (Å²) in [4.78, 5) is 31.2. The van der Waals surface area contributed by atoms with Crippen molar-refractivity contribution in [1.29, 1.82) is 0 Å². The van der Waals surface area contributed by atoms with Crippen molar-refractivity contribution < 1.29 is 23.5 Å². The molecule has 0 spiro atoms. The van der Waals surface area contributed by atoms with Gasteiger partial charge in [-0.1, -0.05) is 48.5 Å². The highest BCUT2D eigenvalue weighted by molar-refractivity contribution is 6.02. The SMILES string of the molecule is COc1cc2c(cc1OC)[C@H](C(=O)N1CCC(Cc3ccccc3)CC1)[C@H](c1ccccc1F)N(C)C2=O. The second-order valence-electron chi connectivity index (χ2n) is 10.1. The van der Waals surface area contributed by atoms with E-state index in [4.69, 9.17) is 9.47 Å². The Kier molecular flexibility index (Phi) is 7.36. The number of ether oxygens (including phenoxy) is 2. The van der Waals surface area contributed by atoms with Crippen molar-refractivity contribution >= 4 is 11.8 Å². The number of nitrogens with zero attached hydrogens (tertiary/aromatic N) is 2. The largest absolute Gasteiger partial charge is 0.493 e. The van der Waals surface area contributed by atoms with E-state index in [1.54, 1.807) is 37.4 Å². The maximum Gasteiger partial charge on any atom is 0.254 e. The highest BCUT2D eigenvalue weighted by atomic mass is 19.1. The van der Waals surface area contributed by atoms with E-state index in [0.717, 1.165) is 19.3 Å². The van der Waals surface area contributed by atoms with Crippen LogP contribution in [0.3, 0.4) is 0 Å². The summed E-state index contributed by atoms with van der Waals surface area (Å²) >= 11 is 0. The minimum absolute atomic E-state index is 0.107. The van der Waals surface area contributed by atoms with Gasteiger partial charge < -0.3 is 19.3 Å². The normalized spacial score (nSPS) is 19.7. The number of methoxy groups -OCH3 is 2. The maximum absolute atomic E-state index is 15.1. The summed E-state index contributed by atoms with van der Waals surface area (Å²) in [5.41, 5.74) is 2.53. The molecule has 0 N–H and O–H groups in total. The molecule has 7 heteroatoms. The Balaban J connectivity index is 1.50. The first kappa shape index (κ1) is 25.8. The van der Waals surface area contributed by atoms with Crippen LogP contribution in [0.15, 0.2) is 66.7 Å². The predicted octanol–water partition coefficient (Wildman–Crippen LogP) is 5.23. The number of carbonyl (C=O) groups is 2. The Hall–Kier alpha value is -3.87. The summed E-state index contributed by atoms with van der Waals surface area (Å²) in [5.74, 6) is -0.295. The van der Waals surface area contributed by atoms with Crippen molar-refractivity contribution in [2.75, 3.05) is 34.4 Å². The van der Waals surface area contributed by atoms with Crippen LogP contribution in [0.1, 0.15) is 51.8 Å². The smallest absolute Gasteiger partial charge is 0.254 e. The molecule has 198 valence electrons. The third-order valence-electron chi connectivity index (χ3n) is 7.96. The number of piperidine rings is 1. The molecule has 0 saturated carbocycles. The van der Waals surface area contributed by atoms with Gasteiger partial charge in [-0.25, -0.2) is 4.39 Å². The number of benzene rings is 3. The number of likely N-dealkylation sites (N-methyl/N-ethyl adjacent to an activating group) is 1. The van der Waals surface area contributed by atoms with Crippen LogP contribution < -0.4 is 9.47 Å². The van der Waals surface area contributed by atoms with E-state index in [1.165, 1.54) is 30.7 Å². The third kappa shape index (κ3) is 4.73. The Bertz CT molecular complexity index is 1320. The maximum atomic E-state index is 15.1. The Morgan fingerprint density at radius 1 is 0.921 bits per heavy atom. The molecule has 3 aromatic carbocycles. The number of hydrogen-bond acceptors (Lipinski definition) is 4. The van der Waals surface area contributed by atoms with E-state index in [2.05, 4.69) is 24.3 Å².